The standard InChI is InChI=1S/C14H12BrFN2O2/c1-20-14(19)8-2-5-11(17)13(6-8)18-12-7-9(15)3-4-10(12)16/h2-7,18H,17H2,1H3. The van der Waals surface area contributed by atoms with E-state index in [1.807, 2.05) is 0 Å². The van der Waals surface area contributed by atoms with Crippen LogP contribution in [0.25, 0.3) is 0 Å². The first-order valence-corrected chi connectivity index (χ1v) is 6.50. The minimum atomic E-state index is -0.484. The number of methoxy groups -OCH3 is 1. The predicted molar refractivity (Wildman–Crippen MR) is 79.6 cm³/mol. The number of carbonyl (C=O) groups excluding carboxylic acids is 1. The van der Waals surface area contributed by atoms with Crippen molar-refractivity contribution in [3.05, 3.63) is 52.3 Å². The number of carbonyl (C=O) groups is 1. The molecule has 0 atom stereocenters. The molecule has 0 heterocycles. The number of esters is 1. The molecule has 0 bridgehead atoms. The first-order valence-electron chi connectivity index (χ1n) is 5.71. The largest absolute Gasteiger partial charge is 0.465 e. The van der Waals surface area contributed by atoms with E-state index in [9.17, 15) is 9.18 Å². The maximum absolute atomic E-state index is 13.7. The van der Waals surface area contributed by atoms with Crippen molar-refractivity contribution in [2.75, 3.05) is 18.2 Å². The number of nitrogen functional groups attached to an aromatic ring is 1. The molecule has 104 valence electrons. The lowest BCUT2D eigenvalue weighted by molar-refractivity contribution is 0.0601. The maximum Gasteiger partial charge on any atom is 0.337 e. The highest BCUT2D eigenvalue weighted by atomic mass is 79.9. The smallest absolute Gasteiger partial charge is 0.337 e. The van der Waals surface area contributed by atoms with Crippen LogP contribution in [0.4, 0.5) is 21.5 Å². The highest BCUT2D eigenvalue weighted by Crippen LogP contribution is 2.28. The number of rotatable bonds is 3. The van der Waals surface area contributed by atoms with Crippen LogP contribution in [-0.2, 0) is 4.74 Å². The number of benzene rings is 2. The molecule has 2 aromatic rings. The number of hydrogen-bond acceptors (Lipinski definition) is 4. The van der Waals surface area contributed by atoms with E-state index in [0.29, 0.717) is 16.9 Å². The fraction of sp³-hybridized carbons (Fsp3) is 0.0714. The van der Waals surface area contributed by atoms with Gasteiger partial charge in [0.1, 0.15) is 5.82 Å². The summed E-state index contributed by atoms with van der Waals surface area (Å²) >= 11 is 3.27. The van der Waals surface area contributed by atoms with Gasteiger partial charge in [-0.15, -0.1) is 0 Å². The normalized spacial score (nSPS) is 10.2. The summed E-state index contributed by atoms with van der Waals surface area (Å²) in [7, 11) is 1.29. The van der Waals surface area contributed by atoms with E-state index >= 15 is 0 Å². The summed E-state index contributed by atoms with van der Waals surface area (Å²) in [6, 6.07) is 9.12. The van der Waals surface area contributed by atoms with Gasteiger partial charge in [0.25, 0.3) is 0 Å². The number of halogens is 2. The maximum atomic E-state index is 13.7. The fourth-order valence-corrected chi connectivity index (χ4v) is 2.01. The van der Waals surface area contributed by atoms with E-state index < -0.39 is 11.8 Å². The van der Waals surface area contributed by atoms with E-state index in [1.54, 1.807) is 24.3 Å². The molecule has 2 aromatic carbocycles. The van der Waals surface area contributed by atoms with Crippen LogP contribution < -0.4 is 11.1 Å². The van der Waals surface area contributed by atoms with Crippen LogP contribution in [0.1, 0.15) is 10.4 Å². The molecule has 0 fully saturated rings. The molecular weight excluding hydrogens is 327 g/mol. The minimum Gasteiger partial charge on any atom is -0.465 e. The van der Waals surface area contributed by atoms with Gasteiger partial charge in [-0.3, -0.25) is 0 Å². The van der Waals surface area contributed by atoms with Crippen LogP contribution in [-0.4, -0.2) is 13.1 Å². The molecule has 0 aliphatic rings. The zero-order valence-corrected chi connectivity index (χ0v) is 12.2. The lowest BCUT2D eigenvalue weighted by Crippen LogP contribution is -2.04. The molecule has 0 spiro atoms. The number of anilines is 3. The minimum absolute atomic E-state index is 0.257. The van der Waals surface area contributed by atoms with Gasteiger partial charge in [-0.25, -0.2) is 9.18 Å². The monoisotopic (exact) mass is 338 g/mol. The van der Waals surface area contributed by atoms with Crippen LogP contribution in [0.15, 0.2) is 40.9 Å². The molecule has 6 heteroatoms. The Morgan fingerprint density at radius 3 is 2.70 bits per heavy atom. The topological polar surface area (TPSA) is 64.3 Å². The van der Waals surface area contributed by atoms with Crippen LogP contribution in [0.2, 0.25) is 0 Å². The number of nitrogens with one attached hydrogen (secondary N) is 1. The van der Waals surface area contributed by atoms with Crippen molar-refractivity contribution >= 4 is 39.0 Å². The Balaban J connectivity index is 2.37. The van der Waals surface area contributed by atoms with E-state index in [4.69, 9.17) is 5.73 Å². The SMILES string of the molecule is COC(=O)c1ccc(N)c(Nc2cc(Br)ccc2F)c1. The Morgan fingerprint density at radius 2 is 2.00 bits per heavy atom. The van der Waals surface area contributed by atoms with Crippen LogP contribution >= 0.6 is 15.9 Å². The third-order valence-corrected chi connectivity index (χ3v) is 3.17. The highest BCUT2D eigenvalue weighted by Gasteiger charge is 2.10. The van der Waals surface area contributed by atoms with E-state index in [-0.39, 0.29) is 5.69 Å². The van der Waals surface area contributed by atoms with Crippen molar-refractivity contribution in [1.29, 1.82) is 0 Å². The summed E-state index contributed by atoms with van der Waals surface area (Å²) in [4.78, 5) is 11.5. The number of ether oxygens (including phenoxy) is 1. The summed E-state index contributed by atoms with van der Waals surface area (Å²) in [5, 5.41) is 2.86. The summed E-state index contributed by atoms with van der Waals surface area (Å²) < 4.78 is 19.1. The molecule has 20 heavy (non-hydrogen) atoms. The third-order valence-electron chi connectivity index (χ3n) is 2.67. The molecule has 0 amide bonds. The Labute approximate surface area is 123 Å². The molecule has 2 rings (SSSR count). The lowest BCUT2D eigenvalue weighted by Gasteiger charge is -2.12. The van der Waals surface area contributed by atoms with Gasteiger partial charge >= 0.3 is 5.97 Å². The molecule has 3 N–H and O–H groups in total. The Kier molecular flexibility index (Phi) is 4.24. The highest BCUT2D eigenvalue weighted by molar-refractivity contribution is 9.10. The third kappa shape index (κ3) is 3.08. The zero-order chi connectivity index (χ0) is 14.7. The quantitative estimate of drug-likeness (QED) is 0.661. The second-order valence-electron chi connectivity index (χ2n) is 4.04. The molecule has 0 aromatic heterocycles. The van der Waals surface area contributed by atoms with Gasteiger partial charge in [-0.2, -0.15) is 0 Å². The van der Waals surface area contributed by atoms with E-state index in [0.717, 1.165) is 4.47 Å². The van der Waals surface area contributed by atoms with Crippen molar-refractivity contribution in [3.8, 4) is 0 Å². The zero-order valence-electron chi connectivity index (χ0n) is 10.6. The first-order chi connectivity index (χ1) is 9.51. The Bertz CT molecular complexity index is 662. The molecule has 0 saturated heterocycles. The van der Waals surface area contributed by atoms with Gasteiger partial charge in [-0.05, 0) is 36.4 Å². The Morgan fingerprint density at radius 1 is 1.25 bits per heavy atom. The number of nitrogens with two attached hydrogens (primary N) is 1. The summed E-state index contributed by atoms with van der Waals surface area (Å²) in [5.41, 5.74) is 7.24. The van der Waals surface area contributed by atoms with Crippen molar-refractivity contribution in [3.63, 3.8) is 0 Å². The second-order valence-corrected chi connectivity index (χ2v) is 4.96. The van der Waals surface area contributed by atoms with E-state index in [2.05, 4.69) is 26.0 Å². The van der Waals surface area contributed by atoms with Gasteiger partial charge in [0, 0.05) is 4.47 Å². The average Bonchev–Trinajstić information content (AvgIpc) is 2.44. The summed E-state index contributed by atoms with van der Waals surface area (Å²) in [6.07, 6.45) is 0. The van der Waals surface area contributed by atoms with Crippen LogP contribution in [0.3, 0.4) is 0 Å². The molecule has 0 unspecified atom stereocenters. The Hall–Kier alpha value is -2.08. The van der Waals surface area contributed by atoms with Gasteiger partial charge in [0.2, 0.25) is 0 Å². The summed E-state index contributed by atoms with van der Waals surface area (Å²) in [6.45, 7) is 0. The fourth-order valence-electron chi connectivity index (χ4n) is 1.65. The predicted octanol–water partition coefficient (Wildman–Crippen LogP) is 3.70. The van der Waals surface area contributed by atoms with Crippen molar-refractivity contribution in [2.45, 2.75) is 0 Å². The van der Waals surface area contributed by atoms with Crippen LogP contribution in [0.5, 0.6) is 0 Å². The molecule has 0 aliphatic heterocycles. The molecule has 0 saturated carbocycles. The van der Waals surface area contributed by atoms with Gasteiger partial charge in [0.05, 0.1) is 29.7 Å². The average molecular weight is 339 g/mol. The van der Waals surface area contributed by atoms with Gasteiger partial charge in [-0.1, -0.05) is 15.9 Å². The number of hydrogen-bond donors (Lipinski definition) is 2. The van der Waals surface area contributed by atoms with Crippen molar-refractivity contribution in [1.82, 2.24) is 0 Å². The molecule has 0 aliphatic carbocycles. The molecular formula is C14H12BrFN2O2. The first kappa shape index (κ1) is 14.3. The van der Waals surface area contributed by atoms with Gasteiger partial charge < -0.3 is 15.8 Å². The second kappa shape index (κ2) is 5.92. The molecule has 4 nitrogen and oxygen atoms in total. The van der Waals surface area contributed by atoms with E-state index in [1.165, 1.54) is 19.2 Å². The lowest BCUT2D eigenvalue weighted by atomic mass is 10.1. The molecule has 0 radical (unpaired) electrons. The van der Waals surface area contributed by atoms with Crippen molar-refractivity contribution < 1.29 is 13.9 Å². The van der Waals surface area contributed by atoms with Gasteiger partial charge in [0.15, 0.2) is 0 Å². The van der Waals surface area contributed by atoms with Crippen LogP contribution in [0, 0.1) is 5.82 Å². The summed E-state index contributed by atoms with van der Waals surface area (Å²) in [5.74, 6) is -0.904. The van der Waals surface area contributed by atoms with Crippen molar-refractivity contribution in [2.24, 2.45) is 0 Å².